The van der Waals surface area contributed by atoms with E-state index in [9.17, 15) is 4.79 Å². The maximum atomic E-state index is 12.1. The van der Waals surface area contributed by atoms with Gasteiger partial charge in [0.1, 0.15) is 0 Å². The second kappa shape index (κ2) is 6.19. The van der Waals surface area contributed by atoms with Gasteiger partial charge in [0.15, 0.2) is 5.78 Å². The molecule has 2 aromatic carbocycles. The van der Waals surface area contributed by atoms with Crippen molar-refractivity contribution in [2.75, 3.05) is 11.9 Å². The van der Waals surface area contributed by atoms with Crippen molar-refractivity contribution in [3.63, 3.8) is 0 Å². The zero-order valence-electron chi connectivity index (χ0n) is 11.4. The van der Waals surface area contributed by atoms with Crippen LogP contribution in [-0.2, 0) is 6.42 Å². The Morgan fingerprint density at radius 2 is 1.74 bits per heavy atom. The van der Waals surface area contributed by atoms with Gasteiger partial charge in [-0.1, -0.05) is 49.4 Å². The van der Waals surface area contributed by atoms with Gasteiger partial charge in [0.2, 0.25) is 0 Å². The minimum atomic E-state index is 0.117. The van der Waals surface area contributed by atoms with Crippen molar-refractivity contribution in [2.45, 2.75) is 20.3 Å². The lowest BCUT2D eigenvalue weighted by Crippen LogP contribution is -2.14. The zero-order valence-corrected chi connectivity index (χ0v) is 11.4. The number of carbonyl (C=O) groups excluding carboxylic acids is 1. The summed E-state index contributed by atoms with van der Waals surface area (Å²) >= 11 is 0. The van der Waals surface area contributed by atoms with Gasteiger partial charge in [0, 0.05) is 11.3 Å². The van der Waals surface area contributed by atoms with Crippen molar-refractivity contribution in [1.29, 1.82) is 0 Å². The Morgan fingerprint density at radius 1 is 1.05 bits per heavy atom. The average Bonchev–Trinajstić information content (AvgIpc) is 2.46. The molecule has 19 heavy (non-hydrogen) atoms. The normalized spacial score (nSPS) is 10.2. The van der Waals surface area contributed by atoms with Crippen molar-refractivity contribution in [3.8, 4) is 0 Å². The second-order valence-corrected chi connectivity index (χ2v) is 4.64. The van der Waals surface area contributed by atoms with E-state index < -0.39 is 0 Å². The van der Waals surface area contributed by atoms with Gasteiger partial charge in [0.05, 0.1) is 6.54 Å². The fourth-order valence-corrected chi connectivity index (χ4v) is 1.98. The van der Waals surface area contributed by atoms with Gasteiger partial charge >= 0.3 is 0 Å². The van der Waals surface area contributed by atoms with Crippen molar-refractivity contribution in [3.05, 3.63) is 65.2 Å². The SMILES string of the molecule is CCc1ccc(C(=O)CNc2ccccc2C)cc1. The van der Waals surface area contributed by atoms with Gasteiger partial charge in [-0.25, -0.2) is 0 Å². The molecule has 2 nitrogen and oxygen atoms in total. The number of rotatable bonds is 5. The van der Waals surface area contributed by atoms with E-state index >= 15 is 0 Å². The standard InChI is InChI=1S/C17H19NO/c1-3-14-8-10-15(11-9-14)17(19)12-18-16-7-5-4-6-13(16)2/h4-11,18H,3,12H2,1-2H3. The summed E-state index contributed by atoms with van der Waals surface area (Å²) in [5.41, 5.74) is 4.18. The Labute approximate surface area is 114 Å². The van der Waals surface area contributed by atoms with E-state index in [1.165, 1.54) is 5.56 Å². The first kappa shape index (κ1) is 13.3. The molecule has 2 aromatic rings. The highest BCUT2D eigenvalue weighted by Crippen LogP contribution is 2.13. The Bertz CT molecular complexity index is 558. The molecular formula is C17H19NO. The summed E-state index contributed by atoms with van der Waals surface area (Å²) in [5, 5.41) is 3.19. The zero-order chi connectivity index (χ0) is 13.7. The van der Waals surface area contributed by atoms with Crippen LogP contribution in [0.4, 0.5) is 5.69 Å². The molecule has 0 heterocycles. The lowest BCUT2D eigenvalue weighted by molar-refractivity contribution is 0.101. The van der Waals surface area contributed by atoms with E-state index in [1.807, 2.05) is 55.5 Å². The van der Waals surface area contributed by atoms with E-state index in [0.29, 0.717) is 6.54 Å². The molecule has 1 N–H and O–H groups in total. The third kappa shape index (κ3) is 3.44. The Balaban J connectivity index is 1.99. The quantitative estimate of drug-likeness (QED) is 0.820. The molecule has 0 bridgehead atoms. The third-order valence-electron chi connectivity index (χ3n) is 3.27. The second-order valence-electron chi connectivity index (χ2n) is 4.64. The summed E-state index contributed by atoms with van der Waals surface area (Å²) in [4.78, 5) is 12.1. The largest absolute Gasteiger partial charge is 0.377 e. The summed E-state index contributed by atoms with van der Waals surface area (Å²) in [6.07, 6.45) is 0.996. The molecule has 0 saturated heterocycles. The number of Topliss-reactive ketones (excluding diaryl/α,β-unsaturated/α-hetero) is 1. The molecular weight excluding hydrogens is 234 g/mol. The minimum absolute atomic E-state index is 0.117. The van der Waals surface area contributed by atoms with Crippen LogP contribution in [0.1, 0.15) is 28.4 Å². The highest BCUT2D eigenvalue weighted by Gasteiger charge is 2.06. The van der Waals surface area contributed by atoms with E-state index in [0.717, 1.165) is 23.2 Å². The number of para-hydroxylation sites is 1. The van der Waals surface area contributed by atoms with Crippen LogP contribution in [0.25, 0.3) is 0 Å². The van der Waals surface area contributed by atoms with Crippen LogP contribution in [0.3, 0.4) is 0 Å². The number of anilines is 1. The first-order valence-electron chi connectivity index (χ1n) is 6.62. The molecule has 0 amide bonds. The maximum absolute atomic E-state index is 12.1. The molecule has 2 heteroatoms. The molecule has 98 valence electrons. The molecule has 0 radical (unpaired) electrons. The van der Waals surface area contributed by atoms with Crippen molar-refractivity contribution >= 4 is 11.5 Å². The van der Waals surface area contributed by atoms with Crippen LogP contribution in [0, 0.1) is 6.92 Å². The van der Waals surface area contributed by atoms with Crippen LogP contribution < -0.4 is 5.32 Å². The average molecular weight is 253 g/mol. The highest BCUT2D eigenvalue weighted by atomic mass is 16.1. The number of hydrogen-bond donors (Lipinski definition) is 1. The van der Waals surface area contributed by atoms with Crippen molar-refractivity contribution in [1.82, 2.24) is 0 Å². The Kier molecular flexibility index (Phi) is 4.35. The maximum Gasteiger partial charge on any atom is 0.181 e. The van der Waals surface area contributed by atoms with Gasteiger partial charge in [0.25, 0.3) is 0 Å². The number of nitrogens with one attached hydrogen (secondary N) is 1. The lowest BCUT2D eigenvalue weighted by atomic mass is 10.1. The molecule has 0 fully saturated rings. The number of carbonyl (C=O) groups is 1. The third-order valence-corrected chi connectivity index (χ3v) is 3.27. The fourth-order valence-electron chi connectivity index (χ4n) is 1.98. The van der Waals surface area contributed by atoms with Gasteiger partial charge < -0.3 is 5.32 Å². The Morgan fingerprint density at radius 3 is 2.37 bits per heavy atom. The highest BCUT2D eigenvalue weighted by molar-refractivity contribution is 5.99. The molecule has 0 aliphatic heterocycles. The van der Waals surface area contributed by atoms with Gasteiger partial charge in [-0.15, -0.1) is 0 Å². The molecule has 0 aliphatic rings. The Hall–Kier alpha value is -2.09. The first-order chi connectivity index (χ1) is 9.20. The number of aryl methyl sites for hydroxylation is 2. The summed E-state index contributed by atoms with van der Waals surface area (Å²) < 4.78 is 0. The van der Waals surface area contributed by atoms with Gasteiger partial charge in [-0.05, 0) is 30.5 Å². The van der Waals surface area contributed by atoms with Crippen LogP contribution in [-0.4, -0.2) is 12.3 Å². The van der Waals surface area contributed by atoms with Crippen LogP contribution in [0.15, 0.2) is 48.5 Å². The van der Waals surface area contributed by atoms with E-state index in [1.54, 1.807) is 0 Å². The molecule has 0 unspecified atom stereocenters. The van der Waals surface area contributed by atoms with Gasteiger partial charge in [-0.3, -0.25) is 4.79 Å². The van der Waals surface area contributed by atoms with E-state index in [-0.39, 0.29) is 5.78 Å². The van der Waals surface area contributed by atoms with Crippen molar-refractivity contribution in [2.24, 2.45) is 0 Å². The van der Waals surface area contributed by atoms with E-state index in [4.69, 9.17) is 0 Å². The summed E-state index contributed by atoms with van der Waals surface area (Å²) in [6.45, 7) is 4.47. The molecule has 0 aliphatic carbocycles. The predicted molar refractivity (Wildman–Crippen MR) is 79.8 cm³/mol. The molecule has 0 aromatic heterocycles. The minimum Gasteiger partial charge on any atom is -0.377 e. The molecule has 0 atom stereocenters. The molecule has 0 spiro atoms. The van der Waals surface area contributed by atoms with E-state index in [2.05, 4.69) is 12.2 Å². The van der Waals surface area contributed by atoms with Crippen LogP contribution in [0.5, 0.6) is 0 Å². The molecule has 0 saturated carbocycles. The summed E-state index contributed by atoms with van der Waals surface area (Å²) in [6, 6.07) is 15.8. The first-order valence-corrected chi connectivity index (χ1v) is 6.62. The molecule has 2 rings (SSSR count). The number of ketones is 1. The van der Waals surface area contributed by atoms with Crippen LogP contribution in [0.2, 0.25) is 0 Å². The van der Waals surface area contributed by atoms with Crippen LogP contribution >= 0.6 is 0 Å². The van der Waals surface area contributed by atoms with Crippen molar-refractivity contribution < 1.29 is 4.79 Å². The van der Waals surface area contributed by atoms with Gasteiger partial charge in [-0.2, -0.15) is 0 Å². The summed E-state index contributed by atoms with van der Waals surface area (Å²) in [5.74, 6) is 0.117. The monoisotopic (exact) mass is 253 g/mol. The topological polar surface area (TPSA) is 29.1 Å². The predicted octanol–water partition coefficient (Wildman–Crippen LogP) is 3.85. The number of hydrogen-bond acceptors (Lipinski definition) is 2. The smallest absolute Gasteiger partial charge is 0.181 e. The fraction of sp³-hybridized carbons (Fsp3) is 0.235. The number of benzene rings is 2. The lowest BCUT2D eigenvalue weighted by Gasteiger charge is -2.08. The summed E-state index contributed by atoms with van der Waals surface area (Å²) in [7, 11) is 0.